The summed E-state index contributed by atoms with van der Waals surface area (Å²) >= 11 is 0. The lowest BCUT2D eigenvalue weighted by Crippen LogP contribution is -2.39. The highest BCUT2D eigenvalue weighted by atomic mass is 19.4. The number of nitrogens with zero attached hydrogens (tertiary/aromatic N) is 1. The SMILES string of the molecule is CN=C(NCCC1=CCOCC1)NC(C)c1cccc(C(F)(F)F)c1. The number of aliphatic imine (C=N–C) groups is 1. The Hall–Kier alpha value is -2.02. The average molecular weight is 355 g/mol. The molecule has 1 aliphatic heterocycles. The maximum absolute atomic E-state index is 12.8. The summed E-state index contributed by atoms with van der Waals surface area (Å²) in [4.78, 5) is 4.14. The van der Waals surface area contributed by atoms with Crippen LogP contribution in [0.1, 0.15) is 36.9 Å². The molecular weight excluding hydrogens is 331 g/mol. The number of hydrogen-bond donors (Lipinski definition) is 2. The smallest absolute Gasteiger partial charge is 0.377 e. The lowest BCUT2D eigenvalue weighted by atomic mass is 10.1. The fourth-order valence-corrected chi connectivity index (χ4v) is 2.60. The molecule has 2 rings (SSSR count). The summed E-state index contributed by atoms with van der Waals surface area (Å²) in [6.45, 7) is 3.93. The van der Waals surface area contributed by atoms with Crippen LogP contribution in [0.3, 0.4) is 0 Å². The second kappa shape index (κ2) is 8.89. The Bertz CT molecular complexity index is 626. The first-order chi connectivity index (χ1) is 11.9. The van der Waals surface area contributed by atoms with E-state index < -0.39 is 11.7 Å². The minimum absolute atomic E-state index is 0.296. The zero-order valence-electron chi connectivity index (χ0n) is 14.5. The first-order valence-corrected chi connectivity index (χ1v) is 8.30. The van der Waals surface area contributed by atoms with Gasteiger partial charge < -0.3 is 15.4 Å². The van der Waals surface area contributed by atoms with Gasteiger partial charge in [0, 0.05) is 13.6 Å². The standard InChI is InChI=1S/C18H24F3N3O/c1-13(15-4-3-5-16(12-15)18(19,20)21)24-17(22-2)23-9-6-14-7-10-25-11-8-14/h3-5,7,12-13H,6,8-11H2,1-2H3,(H2,22,23,24). The summed E-state index contributed by atoms with van der Waals surface area (Å²) in [5.74, 6) is 0.567. The third-order valence-corrected chi connectivity index (χ3v) is 4.09. The van der Waals surface area contributed by atoms with Gasteiger partial charge in [0.2, 0.25) is 0 Å². The van der Waals surface area contributed by atoms with Gasteiger partial charge in [-0.05, 0) is 37.5 Å². The van der Waals surface area contributed by atoms with Crippen molar-refractivity contribution in [2.24, 2.45) is 4.99 Å². The molecule has 25 heavy (non-hydrogen) atoms. The van der Waals surface area contributed by atoms with E-state index >= 15 is 0 Å². The maximum atomic E-state index is 12.8. The number of halogens is 3. The van der Waals surface area contributed by atoms with Gasteiger partial charge in [-0.1, -0.05) is 23.8 Å². The Morgan fingerprint density at radius 1 is 1.36 bits per heavy atom. The van der Waals surface area contributed by atoms with Crippen LogP contribution in [0, 0.1) is 0 Å². The highest BCUT2D eigenvalue weighted by Gasteiger charge is 2.30. The van der Waals surface area contributed by atoms with Crippen LogP contribution in [0.5, 0.6) is 0 Å². The Kier molecular flexibility index (Phi) is 6.87. The Morgan fingerprint density at radius 2 is 2.16 bits per heavy atom. The van der Waals surface area contributed by atoms with Crippen molar-refractivity contribution in [1.29, 1.82) is 0 Å². The quantitative estimate of drug-likeness (QED) is 0.481. The van der Waals surface area contributed by atoms with Crippen LogP contribution in [-0.2, 0) is 10.9 Å². The Morgan fingerprint density at radius 3 is 2.80 bits per heavy atom. The lowest BCUT2D eigenvalue weighted by Gasteiger charge is -2.20. The highest BCUT2D eigenvalue weighted by molar-refractivity contribution is 5.80. The van der Waals surface area contributed by atoms with Crippen LogP contribution in [0.2, 0.25) is 0 Å². The van der Waals surface area contributed by atoms with Crippen LogP contribution >= 0.6 is 0 Å². The van der Waals surface area contributed by atoms with E-state index in [1.165, 1.54) is 11.6 Å². The molecule has 0 aliphatic carbocycles. The molecule has 1 atom stereocenters. The van der Waals surface area contributed by atoms with Crippen LogP contribution in [0.4, 0.5) is 13.2 Å². The Labute approximate surface area is 146 Å². The van der Waals surface area contributed by atoms with E-state index in [2.05, 4.69) is 21.7 Å². The predicted octanol–water partition coefficient (Wildman–Crippen LogP) is 3.67. The maximum Gasteiger partial charge on any atom is 0.416 e. The topological polar surface area (TPSA) is 45.7 Å². The monoisotopic (exact) mass is 355 g/mol. The van der Waals surface area contributed by atoms with E-state index in [1.807, 2.05) is 6.92 Å². The number of alkyl halides is 3. The molecule has 7 heteroatoms. The number of nitrogens with one attached hydrogen (secondary N) is 2. The number of benzene rings is 1. The molecule has 4 nitrogen and oxygen atoms in total. The highest BCUT2D eigenvalue weighted by Crippen LogP contribution is 2.30. The van der Waals surface area contributed by atoms with Gasteiger partial charge in [0.1, 0.15) is 0 Å². The average Bonchev–Trinajstić information content (AvgIpc) is 2.61. The molecule has 1 aromatic carbocycles. The van der Waals surface area contributed by atoms with Crippen LogP contribution in [0.15, 0.2) is 40.9 Å². The van der Waals surface area contributed by atoms with E-state index in [0.29, 0.717) is 24.7 Å². The summed E-state index contributed by atoms with van der Waals surface area (Å²) in [6.07, 6.45) is -0.421. The van der Waals surface area contributed by atoms with Gasteiger partial charge >= 0.3 is 6.18 Å². The van der Waals surface area contributed by atoms with E-state index in [1.54, 1.807) is 13.1 Å². The minimum atomic E-state index is -4.34. The number of hydrogen-bond acceptors (Lipinski definition) is 2. The Balaban J connectivity index is 1.89. The number of rotatable bonds is 5. The van der Waals surface area contributed by atoms with Gasteiger partial charge in [0.25, 0.3) is 0 Å². The molecule has 0 saturated heterocycles. The second-order valence-electron chi connectivity index (χ2n) is 5.93. The predicted molar refractivity (Wildman–Crippen MR) is 92.5 cm³/mol. The number of guanidine groups is 1. The fourth-order valence-electron chi connectivity index (χ4n) is 2.60. The van der Waals surface area contributed by atoms with Crippen LogP contribution in [0.25, 0.3) is 0 Å². The van der Waals surface area contributed by atoms with Gasteiger partial charge in [-0.25, -0.2) is 0 Å². The number of ether oxygens (including phenoxy) is 1. The molecule has 1 heterocycles. The van der Waals surface area contributed by atoms with E-state index in [9.17, 15) is 13.2 Å². The molecule has 0 bridgehead atoms. The first kappa shape index (κ1) is 19.3. The zero-order chi connectivity index (χ0) is 18.3. The molecule has 1 unspecified atom stereocenters. The molecule has 2 N–H and O–H groups in total. The minimum Gasteiger partial charge on any atom is -0.377 e. The normalized spacial score (nSPS) is 17.0. The third-order valence-electron chi connectivity index (χ3n) is 4.09. The summed E-state index contributed by atoms with van der Waals surface area (Å²) in [6, 6.07) is 5.04. The second-order valence-corrected chi connectivity index (χ2v) is 5.93. The third kappa shape index (κ3) is 6.08. The van der Waals surface area contributed by atoms with Gasteiger partial charge in [-0.2, -0.15) is 13.2 Å². The lowest BCUT2D eigenvalue weighted by molar-refractivity contribution is -0.137. The van der Waals surface area contributed by atoms with Crippen molar-refractivity contribution in [3.8, 4) is 0 Å². The van der Waals surface area contributed by atoms with Crippen molar-refractivity contribution in [1.82, 2.24) is 10.6 Å². The molecule has 0 radical (unpaired) electrons. The van der Waals surface area contributed by atoms with E-state index in [4.69, 9.17) is 4.74 Å². The summed E-state index contributed by atoms with van der Waals surface area (Å²) < 4.78 is 43.8. The molecule has 1 aliphatic rings. The zero-order valence-corrected chi connectivity index (χ0v) is 14.5. The first-order valence-electron chi connectivity index (χ1n) is 8.30. The van der Waals surface area contributed by atoms with Crippen LogP contribution in [-0.4, -0.2) is 32.8 Å². The van der Waals surface area contributed by atoms with Gasteiger partial charge in [-0.15, -0.1) is 0 Å². The molecule has 0 spiro atoms. The van der Waals surface area contributed by atoms with Crippen molar-refractivity contribution in [3.05, 3.63) is 47.0 Å². The molecule has 0 fully saturated rings. The van der Waals surface area contributed by atoms with Crippen molar-refractivity contribution >= 4 is 5.96 Å². The van der Waals surface area contributed by atoms with Gasteiger partial charge in [-0.3, -0.25) is 4.99 Å². The van der Waals surface area contributed by atoms with E-state index in [-0.39, 0.29) is 6.04 Å². The molecule has 0 aromatic heterocycles. The van der Waals surface area contributed by atoms with Crippen molar-refractivity contribution < 1.29 is 17.9 Å². The van der Waals surface area contributed by atoms with Crippen molar-refractivity contribution in [3.63, 3.8) is 0 Å². The summed E-state index contributed by atoms with van der Waals surface area (Å²) in [5.41, 5.74) is 1.26. The summed E-state index contributed by atoms with van der Waals surface area (Å²) in [5, 5.41) is 6.32. The van der Waals surface area contributed by atoms with Gasteiger partial charge in [0.15, 0.2) is 5.96 Å². The van der Waals surface area contributed by atoms with Crippen LogP contribution < -0.4 is 10.6 Å². The van der Waals surface area contributed by atoms with Crippen molar-refractivity contribution in [2.45, 2.75) is 32.0 Å². The molecular formula is C18H24F3N3O. The fraction of sp³-hybridized carbons (Fsp3) is 0.500. The summed E-state index contributed by atoms with van der Waals surface area (Å²) in [7, 11) is 1.64. The molecule has 0 saturated carbocycles. The molecule has 1 aromatic rings. The van der Waals surface area contributed by atoms with E-state index in [0.717, 1.165) is 31.6 Å². The van der Waals surface area contributed by atoms with Gasteiger partial charge in [0.05, 0.1) is 24.8 Å². The largest absolute Gasteiger partial charge is 0.416 e. The molecule has 138 valence electrons. The molecule has 0 amide bonds. The van der Waals surface area contributed by atoms with Crippen molar-refractivity contribution in [2.75, 3.05) is 26.8 Å².